The number of anilines is 1. The SMILES string of the molecule is C=CCc1ccccc1-c1ccccc1N. The van der Waals surface area contributed by atoms with Crippen molar-refractivity contribution in [2.45, 2.75) is 6.42 Å². The minimum atomic E-state index is 0.819. The zero-order valence-corrected chi connectivity index (χ0v) is 9.19. The number of para-hydroxylation sites is 1. The molecule has 0 saturated carbocycles. The van der Waals surface area contributed by atoms with Gasteiger partial charge in [0.2, 0.25) is 0 Å². The molecule has 1 nitrogen and oxygen atoms in total. The van der Waals surface area contributed by atoms with Gasteiger partial charge in [-0.1, -0.05) is 48.5 Å². The van der Waals surface area contributed by atoms with Gasteiger partial charge in [-0.05, 0) is 23.6 Å². The summed E-state index contributed by atoms with van der Waals surface area (Å²) < 4.78 is 0. The molecule has 0 aliphatic heterocycles. The highest BCUT2D eigenvalue weighted by atomic mass is 14.6. The summed E-state index contributed by atoms with van der Waals surface area (Å²) in [5.74, 6) is 0. The van der Waals surface area contributed by atoms with Crippen LogP contribution in [-0.2, 0) is 6.42 Å². The van der Waals surface area contributed by atoms with Crippen LogP contribution in [0, 0.1) is 0 Å². The molecule has 0 aliphatic rings. The molecule has 0 heterocycles. The van der Waals surface area contributed by atoms with Crippen LogP contribution < -0.4 is 5.73 Å². The second-order valence-electron chi connectivity index (χ2n) is 3.74. The summed E-state index contributed by atoms with van der Waals surface area (Å²) in [6, 6.07) is 16.2. The number of allylic oxidation sites excluding steroid dienone is 1. The first-order chi connectivity index (χ1) is 7.83. The highest BCUT2D eigenvalue weighted by Gasteiger charge is 2.05. The summed E-state index contributed by atoms with van der Waals surface area (Å²) in [5, 5.41) is 0. The first kappa shape index (κ1) is 10.5. The van der Waals surface area contributed by atoms with Gasteiger partial charge < -0.3 is 5.73 Å². The molecule has 16 heavy (non-hydrogen) atoms. The fraction of sp³-hybridized carbons (Fsp3) is 0.0667. The van der Waals surface area contributed by atoms with Crippen LogP contribution in [0.3, 0.4) is 0 Å². The fourth-order valence-corrected chi connectivity index (χ4v) is 1.86. The zero-order valence-electron chi connectivity index (χ0n) is 9.19. The first-order valence-electron chi connectivity index (χ1n) is 5.36. The molecular formula is C15H15N. The van der Waals surface area contributed by atoms with Gasteiger partial charge in [0, 0.05) is 11.3 Å². The molecule has 80 valence electrons. The maximum Gasteiger partial charge on any atom is 0.0393 e. The van der Waals surface area contributed by atoms with E-state index in [1.54, 1.807) is 0 Å². The van der Waals surface area contributed by atoms with Crippen LogP contribution in [-0.4, -0.2) is 0 Å². The van der Waals surface area contributed by atoms with Crippen LogP contribution in [0.2, 0.25) is 0 Å². The molecular weight excluding hydrogens is 194 g/mol. The molecule has 0 radical (unpaired) electrons. The maximum absolute atomic E-state index is 5.99. The minimum absolute atomic E-state index is 0.819. The molecule has 0 bridgehead atoms. The normalized spacial score (nSPS) is 10.0. The van der Waals surface area contributed by atoms with Gasteiger partial charge in [0.1, 0.15) is 0 Å². The summed E-state index contributed by atoms with van der Waals surface area (Å²) in [6.07, 6.45) is 2.78. The topological polar surface area (TPSA) is 26.0 Å². The Morgan fingerprint density at radius 2 is 1.56 bits per heavy atom. The number of rotatable bonds is 3. The van der Waals surface area contributed by atoms with E-state index in [1.807, 2.05) is 36.4 Å². The van der Waals surface area contributed by atoms with E-state index in [0.717, 1.165) is 17.7 Å². The van der Waals surface area contributed by atoms with Crippen LogP contribution >= 0.6 is 0 Å². The molecule has 2 aromatic rings. The first-order valence-corrected chi connectivity index (χ1v) is 5.36. The van der Waals surface area contributed by atoms with Gasteiger partial charge in [0.25, 0.3) is 0 Å². The van der Waals surface area contributed by atoms with E-state index < -0.39 is 0 Å². The van der Waals surface area contributed by atoms with Crippen molar-refractivity contribution in [1.29, 1.82) is 0 Å². The monoisotopic (exact) mass is 209 g/mol. The summed E-state index contributed by atoms with van der Waals surface area (Å²) in [7, 11) is 0. The average Bonchev–Trinajstić information content (AvgIpc) is 2.31. The Kier molecular flexibility index (Phi) is 3.06. The Bertz CT molecular complexity index is 500. The van der Waals surface area contributed by atoms with Crippen molar-refractivity contribution >= 4 is 5.69 Å². The van der Waals surface area contributed by atoms with Crippen molar-refractivity contribution in [3.63, 3.8) is 0 Å². The smallest absolute Gasteiger partial charge is 0.0393 e. The van der Waals surface area contributed by atoms with E-state index in [4.69, 9.17) is 5.73 Å². The number of nitrogen functional groups attached to an aromatic ring is 1. The highest BCUT2D eigenvalue weighted by Crippen LogP contribution is 2.28. The Balaban J connectivity index is 2.55. The molecule has 0 saturated heterocycles. The third-order valence-corrected chi connectivity index (χ3v) is 2.63. The predicted molar refractivity (Wildman–Crippen MR) is 70.2 cm³/mol. The lowest BCUT2D eigenvalue weighted by Gasteiger charge is -2.10. The zero-order chi connectivity index (χ0) is 11.4. The van der Waals surface area contributed by atoms with Crippen LogP contribution in [0.25, 0.3) is 11.1 Å². The van der Waals surface area contributed by atoms with Crippen LogP contribution in [0.15, 0.2) is 61.2 Å². The van der Waals surface area contributed by atoms with Gasteiger partial charge >= 0.3 is 0 Å². The van der Waals surface area contributed by atoms with Gasteiger partial charge in [-0.25, -0.2) is 0 Å². The molecule has 0 spiro atoms. The standard InChI is InChI=1S/C15H15N/c1-2-7-12-8-3-4-9-13(12)14-10-5-6-11-15(14)16/h2-6,8-11H,1,7,16H2. The maximum atomic E-state index is 5.99. The van der Waals surface area contributed by atoms with Gasteiger partial charge in [-0.2, -0.15) is 0 Å². The van der Waals surface area contributed by atoms with Crippen molar-refractivity contribution in [2.24, 2.45) is 0 Å². The van der Waals surface area contributed by atoms with E-state index in [2.05, 4.69) is 24.8 Å². The lowest BCUT2D eigenvalue weighted by molar-refractivity contribution is 1.28. The molecule has 0 unspecified atom stereocenters. The number of benzene rings is 2. The van der Waals surface area contributed by atoms with E-state index in [9.17, 15) is 0 Å². The van der Waals surface area contributed by atoms with Crippen LogP contribution in [0.4, 0.5) is 5.69 Å². The summed E-state index contributed by atoms with van der Waals surface area (Å²) in [5.41, 5.74) is 10.4. The van der Waals surface area contributed by atoms with Gasteiger partial charge in [0.15, 0.2) is 0 Å². The molecule has 2 N–H and O–H groups in total. The Labute approximate surface area is 96.2 Å². The largest absolute Gasteiger partial charge is 0.398 e. The van der Waals surface area contributed by atoms with Crippen LogP contribution in [0.5, 0.6) is 0 Å². The summed E-state index contributed by atoms with van der Waals surface area (Å²) in [6.45, 7) is 3.78. The molecule has 0 fully saturated rings. The fourth-order valence-electron chi connectivity index (χ4n) is 1.86. The quantitative estimate of drug-likeness (QED) is 0.606. The van der Waals surface area contributed by atoms with Gasteiger partial charge in [0.05, 0.1) is 0 Å². The Hall–Kier alpha value is -2.02. The molecule has 0 aromatic heterocycles. The van der Waals surface area contributed by atoms with Crippen molar-refractivity contribution in [3.8, 4) is 11.1 Å². The second-order valence-corrected chi connectivity index (χ2v) is 3.74. The molecule has 0 amide bonds. The summed E-state index contributed by atoms with van der Waals surface area (Å²) in [4.78, 5) is 0. The van der Waals surface area contributed by atoms with E-state index in [-0.39, 0.29) is 0 Å². The third kappa shape index (κ3) is 1.98. The van der Waals surface area contributed by atoms with Crippen LogP contribution in [0.1, 0.15) is 5.56 Å². The van der Waals surface area contributed by atoms with Crippen molar-refractivity contribution < 1.29 is 0 Å². The second kappa shape index (κ2) is 4.67. The van der Waals surface area contributed by atoms with Gasteiger partial charge in [-0.3, -0.25) is 0 Å². The molecule has 0 atom stereocenters. The lowest BCUT2D eigenvalue weighted by Crippen LogP contribution is -1.93. The average molecular weight is 209 g/mol. The van der Waals surface area contributed by atoms with Gasteiger partial charge in [-0.15, -0.1) is 6.58 Å². The molecule has 1 heteroatoms. The molecule has 2 rings (SSSR count). The lowest BCUT2D eigenvalue weighted by atomic mass is 9.96. The van der Waals surface area contributed by atoms with E-state index in [1.165, 1.54) is 11.1 Å². The number of hydrogen-bond acceptors (Lipinski definition) is 1. The molecule has 2 aromatic carbocycles. The Morgan fingerprint density at radius 1 is 0.938 bits per heavy atom. The van der Waals surface area contributed by atoms with E-state index >= 15 is 0 Å². The summed E-state index contributed by atoms with van der Waals surface area (Å²) >= 11 is 0. The minimum Gasteiger partial charge on any atom is -0.398 e. The van der Waals surface area contributed by atoms with Crippen molar-refractivity contribution in [2.75, 3.05) is 5.73 Å². The predicted octanol–water partition coefficient (Wildman–Crippen LogP) is 3.66. The highest BCUT2D eigenvalue weighted by molar-refractivity contribution is 5.78. The van der Waals surface area contributed by atoms with Crippen molar-refractivity contribution in [3.05, 3.63) is 66.7 Å². The van der Waals surface area contributed by atoms with Crippen molar-refractivity contribution in [1.82, 2.24) is 0 Å². The third-order valence-electron chi connectivity index (χ3n) is 2.63. The van der Waals surface area contributed by atoms with E-state index in [0.29, 0.717) is 0 Å². The molecule has 0 aliphatic carbocycles. The number of hydrogen-bond donors (Lipinski definition) is 1. The Morgan fingerprint density at radius 3 is 2.25 bits per heavy atom. The number of nitrogens with two attached hydrogens (primary N) is 1.